The van der Waals surface area contributed by atoms with Gasteiger partial charge < -0.3 is 5.32 Å². The first-order valence-corrected chi connectivity index (χ1v) is 8.75. The molecule has 5 nitrogen and oxygen atoms in total. The number of nitrogens with one attached hydrogen (secondary N) is 1. The lowest BCUT2D eigenvalue weighted by Gasteiger charge is -2.09. The zero-order chi connectivity index (χ0) is 18.0. The number of rotatable bonds is 4. The third-order valence-corrected chi connectivity index (χ3v) is 4.65. The van der Waals surface area contributed by atoms with E-state index < -0.39 is 0 Å². The van der Waals surface area contributed by atoms with Crippen LogP contribution in [-0.4, -0.2) is 15.5 Å². The van der Waals surface area contributed by atoms with Gasteiger partial charge in [-0.3, -0.25) is 14.2 Å². The van der Waals surface area contributed by atoms with Gasteiger partial charge in [0.1, 0.15) is 0 Å². The predicted octanol–water partition coefficient (Wildman–Crippen LogP) is 3.80. The number of carbonyl (C=O) groups is 1. The molecular formula is C19H18BrN3O2. The van der Waals surface area contributed by atoms with E-state index in [4.69, 9.17) is 0 Å². The molecule has 1 amide bonds. The fraction of sp³-hybridized carbons (Fsp3) is 0.211. The number of nitrogens with zero attached hydrogens (tertiary/aromatic N) is 2. The van der Waals surface area contributed by atoms with Crippen LogP contribution in [0, 0.1) is 13.8 Å². The van der Waals surface area contributed by atoms with Gasteiger partial charge in [-0.1, -0.05) is 22.0 Å². The Morgan fingerprint density at radius 2 is 1.96 bits per heavy atom. The van der Waals surface area contributed by atoms with E-state index in [-0.39, 0.29) is 24.4 Å². The van der Waals surface area contributed by atoms with Gasteiger partial charge >= 0.3 is 0 Å². The van der Waals surface area contributed by atoms with Crippen molar-refractivity contribution in [1.82, 2.24) is 9.55 Å². The zero-order valence-corrected chi connectivity index (χ0v) is 15.6. The van der Waals surface area contributed by atoms with Crippen LogP contribution in [0.2, 0.25) is 0 Å². The quantitative estimate of drug-likeness (QED) is 0.725. The van der Waals surface area contributed by atoms with Crippen molar-refractivity contribution in [2.45, 2.75) is 26.8 Å². The first kappa shape index (κ1) is 17.4. The maximum atomic E-state index is 12.5. The molecule has 128 valence electrons. The van der Waals surface area contributed by atoms with E-state index in [0.717, 1.165) is 15.7 Å². The molecule has 1 N–H and O–H groups in total. The van der Waals surface area contributed by atoms with E-state index >= 15 is 0 Å². The Bertz CT molecular complexity index is 1010. The van der Waals surface area contributed by atoms with E-state index in [1.54, 1.807) is 12.1 Å². The second-order valence-corrected chi connectivity index (χ2v) is 6.92. The van der Waals surface area contributed by atoms with Crippen LogP contribution in [-0.2, 0) is 11.3 Å². The molecule has 0 saturated heterocycles. The number of fused-ring (bicyclic) bond motifs is 1. The van der Waals surface area contributed by atoms with Crippen molar-refractivity contribution < 1.29 is 4.79 Å². The molecule has 0 spiro atoms. The van der Waals surface area contributed by atoms with Crippen molar-refractivity contribution in [2.75, 3.05) is 5.32 Å². The standard InChI is InChI=1S/C19H18BrN3O2/c1-12-3-5-15(9-13(12)2)22-18(24)7-8-23-11-21-17-6-4-14(20)10-16(17)19(23)25/h3-6,9-11H,7-8H2,1-2H3,(H,22,24). The smallest absolute Gasteiger partial charge is 0.261 e. The van der Waals surface area contributed by atoms with Gasteiger partial charge in [-0.2, -0.15) is 0 Å². The third-order valence-electron chi connectivity index (χ3n) is 4.16. The minimum absolute atomic E-state index is 0.135. The number of aryl methyl sites for hydroxylation is 3. The molecule has 0 aliphatic rings. The first-order valence-electron chi connectivity index (χ1n) is 7.96. The lowest BCUT2D eigenvalue weighted by atomic mass is 10.1. The Labute approximate surface area is 153 Å². The highest BCUT2D eigenvalue weighted by Gasteiger charge is 2.08. The summed E-state index contributed by atoms with van der Waals surface area (Å²) in [5.74, 6) is -0.135. The van der Waals surface area contributed by atoms with Gasteiger partial charge in [0.25, 0.3) is 5.56 Å². The summed E-state index contributed by atoms with van der Waals surface area (Å²) in [6.07, 6.45) is 1.69. The van der Waals surface area contributed by atoms with Crippen LogP contribution in [0.1, 0.15) is 17.5 Å². The molecule has 0 aliphatic carbocycles. The van der Waals surface area contributed by atoms with Crippen LogP contribution >= 0.6 is 15.9 Å². The van der Waals surface area contributed by atoms with Crippen LogP contribution in [0.15, 0.2) is 52.0 Å². The maximum absolute atomic E-state index is 12.5. The van der Waals surface area contributed by atoms with E-state index in [1.165, 1.54) is 16.5 Å². The first-order chi connectivity index (χ1) is 11.9. The molecule has 3 aromatic rings. The van der Waals surface area contributed by atoms with Crippen molar-refractivity contribution in [1.29, 1.82) is 0 Å². The van der Waals surface area contributed by atoms with Crippen molar-refractivity contribution in [3.63, 3.8) is 0 Å². The number of halogens is 1. The molecule has 0 fully saturated rings. The molecule has 0 bridgehead atoms. The van der Waals surface area contributed by atoms with Crippen LogP contribution in [0.3, 0.4) is 0 Å². The Hall–Kier alpha value is -2.47. The molecule has 0 radical (unpaired) electrons. The lowest BCUT2D eigenvalue weighted by molar-refractivity contribution is -0.116. The van der Waals surface area contributed by atoms with Crippen LogP contribution in [0.5, 0.6) is 0 Å². The van der Waals surface area contributed by atoms with Crippen molar-refractivity contribution in [3.05, 3.63) is 68.7 Å². The molecule has 0 aliphatic heterocycles. The molecule has 6 heteroatoms. The summed E-state index contributed by atoms with van der Waals surface area (Å²) in [6.45, 7) is 4.31. The molecule has 0 atom stereocenters. The second-order valence-electron chi connectivity index (χ2n) is 6.00. The highest BCUT2D eigenvalue weighted by Crippen LogP contribution is 2.16. The second kappa shape index (κ2) is 7.19. The van der Waals surface area contributed by atoms with E-state index in [9.17, 15) is 9.59 Å². The van der Waals surface area contributed by atoms with Crippen LogP contribution in [0.25, 0.3) is 10.9 Å². The van der Waals surface area contributed by atoms with Crippen molar-refractivity contribution >= 4 is 38.4 Å². The number of benzene rings is 2. The summed E-state index contributed by atoms with van der Waals surface area (Å²) < 4.78 is 2.29. The SMILES string of the molecule is Cc1ccc(NC(=O)CCn2cnc3ccc(Br)cc3c2=O)cc1C. The number of anilines is 1. The number of aromatic nitrogens is 2. The van der Waals surface area contributed by atoms with E-state index in [1.807, 2.05) is 38.1 Å². The fourth-order valence-corrected chi connectivity index (χ4v) is 2.92. The highest BCUT2D eigenvalue weighted by atomic mass is 79.9. The topological polar surface area (TPSA) is 64.0 Å². The fourth-order valence-electron chi connectivity index (χ4n) is 2.56. The van der Waals surface area contributed by atoms with Crippen molar-refractivity contribution in [3.8, 4) is 0 Å². The Morgan fingerprint density at radius 1 is 1.16 bits per heavy atom. The Kier molecular flexibility index (Phi) is 4.99. The molecule has 25 heavy (non-hydrogen) atoms. The average molecular weight is 400 g/mol. The summed E-state index contributed by atoms with van der Waals surface area (Å²) in [4.78, 5) is 28.9. The van der Waals surface area contributed by atoms with Gasteiger partial charge in [-0.25, -0.2) is 4.98 Å². The van der Waals surface area contributed by atoms with Crippen LogP contribution in [0.4, 0.5) is 5.69 Å². The van der Waals surface area contributed by atoms with E-state index in [2.05, 4.69) is 26.2 Å². The minimum atomic E-state index is -0.148. The number of carbonyl (C=O) groups excluding carboxylic acids is 1. The number of hydrogen-bond donors (Lipinski definition) is 1. The predicted molar refractivity (Wildman–Crippen MR) is 103 cm³/mol. The van der Waals surface area contributed by atoms with Gasteiger partial charge in [0, 0.05) is 23.1 Å². The molecular weight excluding hydrogens is 382 g/mol. The monoisotopic (exact) mass is 399 g/mol. The number of amides is 1. The van der Waals surface area contributed by atoms with Crippen LogP contribution < -0.4 is 10.9 Å². The summed E-state index contributed by atoms with van der Waals surface area (Å²) in [5.41, 5.74) is 3.56. The maximum Gasteiger partial charge on any atom is 0.261 e. The minimum Gasteiger partial charge on any atom is -0.326 e. The Balaban J connectivity index is 1.71. The molecule has 1 aromatic heterocycles. The zero-order valence-electron chi connectivity index (χ0n) is 14.0. The van der Waals surface area contributed by atoms with Crippen molar-refractivity contribution in [2.24, 2.45) is 0 Å². The normalized spacial score (nSPS) is 10.8. The number of hydrogen-bond acceptors (Lipinski definition) is 3. The summed E-state index contributed by atoms with van der Waals surface area (Å²) in [6, 6.07) is 11.2. The summed E-state index contributed by atoms with van der Waals surface area (Å²) in [5, 5.41) is 3.40. The molecule has 1 heterocycles. The van der Waals surface area contributed by atoms with Gasteiger partial charge in [-0.15, -0.1) is 0 Å². The van der Waals surface area contributed by atoms with Gasteiger partial charge in [0.2, 0.25) is 5.91 Å². The Morgan fingerprint density at radius 3 is 2.72 bits per heavy atom. The summed E-state index contributed by atoms with van der Waals surface area (Å²) >= 11 is 3.36. The molecule has 0 unspecified atom stereocenters. The molecule has 0 saturated carbocycles. The molecule has 2 aromatic carbocycles. The molecule has 3 rings (SSSR count). The lowest BCUT2D eigenvalue weighted by Crippen LogP contribution is -2.23. The van der Waals surface area contributed by atoms with E-state index in [0.29, 0.717) is 10.9 Å². The average Bonchev–Trinajstić information content (AvgIpc) is 2.58. The third kappa shape index (κ3) is 3.96. The highest BCUT2D eigenvalue weighted by molar-refractivity contribution is 9.10. The largest absolute Gasteiger partial charge is 0.326 e. The summed E-state index contributed by atoms with van der Waals surface area (Å²) in [7, 11) is 0. The van der Waals surface area contributed by atoms with Gasteiger partial charge in [-0.05, 0) is 55.3 Å². The van der Waals surface area contributed by atoms with Gasteiger partial charge in [0.15, 0.2) is 0 Å². The van der Waals surface area contributed by atoms with Gasteiger partial charge in [0.05, 0.1) is 17.2 Å².